The summed E-state index contributed by atoms with van der Waals surface area (Å²) >= 11 is 1.05. The molecule has 0 aliphatic heterocycles. The number of anilines is 2. The molecule has 0 radical (unpaired) electrons. The van der Waals surface area contributed by atoms with Gasteiger partial charge in [-0.2, -0.15) is 0 Å². The molecule has 2 N–H and O–H groups in total. The fourth-order valence-corrected chi connectivity index (χ4v) is 2.24. The molecule has 2 rings (SSSR count). The van der Waals surface area contributed by atoms with Gasteiger partial charge in [0.2, 0.25) is 0 Å². The van der Waals surface area contributed by atoms with E-state index in [0.717, 1.165) is 11.5 Å². The highest BCUT2D eigenvalue weighted by atomic mass is 32.1. The molecular formula is C15H18N4O3S. The molecule has 8 heteroatoms. The third kappa shape index (κ3) is 5.03. The predicted molar refractivity (Wildman–Crippen MR) is 88.9 cm³/mol. The molecule has 0 fully saturated rings. The Kier molecular flexibility index (Phi) is 4.95. The van der Waals surface area contributed by atoms with Crippen molar-refractivity contribution in [1.82, 2.24) is 9.59 Å². The minimum atomic E-state index is -0.557. The fraction of sp³-hybridized carbons (Fsp3) is 0.333. The molecule has 0 spiro atoms. The number of ether oxygens (including phenoxy) is 1. The van der Waals surface area contributed by atoms with Crippen LogP contribution in [0.5, 0.6) is 0 Å². The Balaban J connectivity index is 1.96. The van der Waals surface area contributed by atoms with Crippen LogP contribution in [0.2, 0.25) is 0 Å². The number of aryl methyl sites for hydroxylation is 1. The molecule has 0 atom stereocenters. The lowest BCUT2D eigenvalue weighted by atomic mass is 10.2. The maximum atomic E-state index is 12.0. The van der Waals surface area contributed by atoms with Crippen LogP contribution in [0.3, 0.4) is 0 Å². The lowest BCUT2D eigenvalue weighted by Gasteiger charge is -2.19. The van der Waals surface area contributed by atoms with Crippen molar-refractivity contribution in [1.29, 1.82) is 0 Å². The molecule has 2 aromatic rings. The van der Waals surface area contributed by atoms with Gasteiger partial charge in [-0.05, 0) is 63.5 Å². The van der Waals surface area contributed by atoms with E-state index in [9.17, 15) is 9.59 Å². The SMILES string of the molecule is Cc1nnsc1C(=O)Nc1ccc(NC(=O)OC(C)(C)C)cc1. The van der Waals surface area contributed by atoms with Gasteiger partial charge in [0.1, 0.15) is 10.5 Å². The molecule has 0 bridgehead atoms. The van der Waals surface area contributed by atoms with Crippen molar-refractivity contribution >= 4 is 34.9 Å². The molecule has 1 aromatic carbocycles. The molecule has 0 aliphatic rings. The Hall–Kier alpha value is -2.48. The highest BCUT2D eigenvalue weighted by Crippen LogP contribution is 2.17. The normalized spacial score (nSPS) is 11.0. The third-order valence-corrected chi connectivity index (χ3v) is 3.47. The zero-order chi connectivity index (χ0) is 17.0. The van der Waals surface area contributed by atoms with Gasteiger partial charge in [0.15, 0.2) is 0 Å². The average Bonchev–Trinajstić information content (AvgIpc) is 2.85. The summed E-state index contributed by atoms with van der Waals surface area (Å²) in [6.45, 7) is 7.11. The van der Waals surface area contributed by atoms with Crippen molar-refractivity contribution in [3.63, 3.8) is 0 Å². The van der Waals surface area contributed by atoms with E-state index in [1.54, 1.807) is 52.0 Å². The largest absolute Gasteiger partial charge is 0.444 e. The maximum absolute atomic E-state index is 12.0. The number of hydrogen-bond donors (Lipinski definition) is 2. The molecule has 7 nitrogen and oxygen atoms in total. The van der Waals surface area contributed by atoms with E-state index < -0.39 is 11.7 Å². The second kappa shape index (κ2) is 6.74. The Morgan fingerprint density at radius 1 is 1.09 bits per heavy atom. The van der Waals surface area contributed by atoms with Gasteiger partial charge in [-0.1, -0.05) is 4.49 Å². The number of carbonyl (C=O) groups is 2. The van der Waals surface area contributed by atoms with Gasteiger partial charge in [-0.3, -0.25) is 10.1 Å². The number of aromatic nitrogens is 2. The van der Waals surface area contributed by atoms with E-state index in [4.69, 9.17) is 4.74 Å². The Labute approximate surface area is 138 Å². The second-order valence-electron chi connectivity index (χ2n) is 5.85. The summed E-state index contributed by atoms with van der Waals surface area (Å²) in [6, 6.07) is 6.73. The molecule has 0 saturated heterocycles. The van der Waals surface area contributed by atoms with Gasteiger partial charge >= 0.3 is 6.09 Å². The first-order valence-electron chi connectivity index (χ1n) is 6.95. The van der Waals surface area contributed by atoms with E-state index in [-0.39, 0.29) is 5.91 Å². The first-order chi connectivity index (χ1) is 10.7. The zero-order valence-electron chi connectivity index (χ0n) is 13.3. The summed E-state index contributed by atoms with van der Waals surface area (Å²) < 4.78 is 8.90. The molecule has 0 saturated carbocycles. The van der Waals surface area contributed by atoms with E-state index in [1.165, 1.54) is 0 Å². The maximum Gasteiger partial charge on any atom is 0.412 e. The monoisotopic (exact) mass is 334 g/mol. The lowest BCUT2D eigenvalue weighted by molar-refractivity contribution is 0.0635. The van der Waals surface area contributed by atoms with Crippen LogP contribution in [-0.2, 0) is 4.74 Å². The average molecular weight is 334 g/mol. The molecule has 1 heterocycles. The van der Waals surface area contributed by atoms with Gasteiger partial charge in [0.05, 0.1) is 5.69 Å². The number of benzene rings is 1. The van der Waals surface area contributed by atoms with Crippen LogP contribution in [0.4, 0.5) is 16.2 Å². The highest BCUT2D eigenvalue weighted by molar-refractivity contribution is 7.08. The molecule has 0 aliphatic carbocycles. The summed E-state index contributed by atoms with van der Waals surface area (Å²) in [5.74, 6) is -0.259. The first-order valence-corrected chi connectivity index (χ1v) is 7.72. The topological polar surface area (TPSA) is 93.2 Å². The number of nitrogens with one attached hydrogen (secondary N) is 2. The summed E-state index contributed by atoms with van der Waals surface area (Å²) in [5.41, 5.74) is 1.22. The second-order valence-corrected chi connectivity index (χ2v) is 6.60. The number of carbonyl (C=O) groups excluding carboxylic acids is 2. The smallest absolute Gasteiger partial charge is 0.412 e. The van der Waals surface area contributed by atoms with Crippen molar-refractivity contribution in [3.05, 3.63) is 34.8 Å². The summed E-state index contributed by atoms with van der Waals surface area (Å²) in [6.07, 6.45) is -0.527. The molecule has 0 unspecified atom stereocenters. The highest BCUT2D eigenvalue weighted by Gasteiger charge is 2.16. The van der Waals surface area contributed by atoms with E-state index in [0.29, 0.717) is 21.9 Å². The summed E-state index contributed by atoms with van der Waals surface area (Å²) in [4.78, 5) is 24.2. The van der Waals surface area contributed by atoms with E-state index >= 15 is 0 Å². The number of amides is 2. The molecule has 1 aromatic heterocycles. The minimum Gasteiger partial charge on any atom is -0.444 e. The fourth-order valence-electron chi connectivity index (χ4n) is 1.69. The van der Waals surface area contributed by atoms with Crippen LogP contribution < -0.4 is 10.6 Å². The van der Waals surface area contributed by atoms with E-state index in [2.05, 4.69) is 20.2 Å². The van der Waals surface area contributed by atoms with Crippen molar-refractivity contribution in [2.45, 2.75) is 33.3 Å². The van der Waals surface area contributed by atoms with E-state index in [1.807, 2.05) is 0 Å². The predicted octanol–water partition coefficient (Wildman–Crippen LogP) is 3.45. The molecule has 23 heavy (non-hydrogen) atoms. The van der Waals surface area contributed by atoms with Crippen molar-refractivity contribution in [3.8, 4) is 0 Å². The van der Waals surface area contributed by atoms with Crippen LogP contribution in [-0.4, -0.2) is 27.2 Å². The van der Waals surface area contributed by atoms with Crippen LogP contribution >= 0.6 is 11.5 Å². The molecular weight excluding hydrogens is 316 g/mol. The number of hydrogen-bond acceptors (Lipinski definition) is 6. The Morgan fingerprint density at radius 3 is 2.13 bits per heavy atom. The van der Waals surface area contributed by atoms with Crippen molar-refractivity contribution < 1.29 is 14.3 Å². The summed E-state index contributed by atoms with van der Waals surface area (Å²) in [7, 11) is 0. The zero-order valence-corrected chi connectivity index (χ0v) is 14.2. The van der Waals surface area contributed by atoms with Crippen molar-refractivity contribution in [2.24, 2.45) is 0 Å². The van der Waals surface area contributed by atoms with Crippen LogP contribution in [0.25, 0.3) is 0 Å². The third-order valence-electron chi connectivity index (χ3n) is 2.65. The van der Waals surface area contributed by atoms with Crippen LogP contribution in [0.1, 0.15) is 36.1 Å². The Bertz CT molecular complexity index is 704. The minimum absolute atomic E-state index is 0.259. The van der Waals surface area contributed by atoms with Gasteiger partial charge in [0.25, 0.3) is 5.91 Å². The number of rotatable bonds is 3. The standard InChI is InChI=1S/C15H18N4O3S/c1-9-12(23-19-18-9)13(20)16-10-5-7-11(8-6-10)17-14(21)22-15(2,3)4/h5-8H,1-4H3,(H,16,20)(H,17,21). The Morgan fingerprint density at radius 2 is 1.65 bits per heavy atom. The van der Waals surface area contributed by atoms with Crippen molar-refractivity contribution in [2.75, 3.05) is 10.6 Å². The molecule has 2 amide bonds. The van der Waals surface area contributed by atoms with Gasteiger partial charge in [-0.15, -0.1) is 5.10 Å². The van der Waals surface area contributed by atoms with Gasteiger partial charge < -0.3 is 10.1 Å². The first kappa shape index (κ1) is 16.9. The van der Waals surface area contributed by atoms with Gasteiger partial charge in [-0.25, -0.2) is 4.79 Å². The van der Waals surface area contributed by atoms with Crippen LogP contribution in [0.15, 0.2) is 24.3 Å². The lowest BCUT2D eigenvalue weighted by Crippen LogP contribution is -2.27. The van der Waals surface area contributed by atoms with Crippen LogP contribution in [0, 0.1) is 6.92 Å². The molecule has 122 valence electrons. The number of nitrogens with zero attached hydrogens (tertiary/aromatic N) is 2. The summed E-state index contributed by atoms with van der Waals surface area (Å²) in [5, 5.41) is 9.18. The quantitative estimate of drug-likeness (QED) is 0.897. The van der Waals surface area contributed by atoms with Gasteiger partial charge in [0, 0.05) is 11.4 Å².